The number of hydrogen-bond acceptors (Lipinski definition) is 15. The fourth-order valence-corrected chi connectivity index (χ4v) is 12.1. The number of ketones is 3. The molecule has 16 atom stereocenters. The Morgan fingerprint density at radius 2 is 1.60 bits per heavy atom. The molecule has 1 amide bonds. The van der Waals surface area contributed by atoms with Gasteiger partial charge in [-0.05, 0) is 113 Å². The first kappa shape index (κ1) is 62.4. The van der Waals surface area contributed by atoms with E-state index in [9.17, 15) is 38.8 Å². The molecule has 0 aromatic rings. The summed E-state index contributed by atoms with van der Waals surface area (Å²) < 4.78 is 54.7. The third-order valence-corrected chi connectivity index (χ3v) is 16.9. The number of aliphatic hydroxyl groups excluding tert-OH is 1. The molecule has 4 unspecified atom stereocenters. The van der Waals surface area contributed by atoms with E-state index in [0.717, 1.165) is 18.4 Å². The number of aliphatic hydroxyl groups is 2. The summed E-state index contributed by atoms with van der Waals surface area (Å²) in [5.74, 6) is -8.25. The van der Waals surface area contributed by atoms with Crippen LogP contribution < -0.4 is 0 Å². The molecule has 2 bridgehead atoms. The fourth-order valence-electron chi connectivity index (χ4n) is 10.9. The number of allylic oxidation sites excluding steroid dienone is 6. The van der Waals surface area contributed by atoms with Gasteiger partial charge in [0, 0.05) is 65.1 Å². The Balaban J connectivity index is 1.68. The molecule has 16 nitrogen and oxygen atoms in total. The average molecular weight is 1050 g/mol. The molecule has 3 fully saturated rings. The number of cyclic esters (lactones) is 1. The molecular weight excluding hydrogens is 958 g/mol. The van der Waals surface area contributed by atoms with Crippen LogP contribution in [-0.2, 0) is 61.3 Å². The molecule has 414 valence electrons. The topological polar surface area (TPSA) is 211 Å². The highest BCUT2D eigenvalue weighted by Crippen LogP contribution is 2.49. The van der Waals surface area contributed by atoms with Crippen LogP contribution in [0.25, 0.3) is 0 Å². The van der Waals surface area contributed by atoms with Crippen molar-refractivity contribution in [3.63, 3.8) is 0 Å². The van der Waals surface area contributed by atoms with E-state index in [4.69, 9.17) is 32.7 Å². The molecule has 17 heteroatoms. The first-order valence-corrected chi connectivity index (χ1v) is 28.9. The van der Waals surface area contributed by atoms with Crippen LogP contribution in [0, 0.1) is 35.5 Å². The lowest BCUT2D eigenvalue weighted by molar-refractivity contribution is -0.265. The van der Waals surface area contributed by atoms with Gasteiger partial charge in [-0.2, -0.15) is 0 Å². The summed E-state index contributed by atoms with van der Waals surface area (Å²) >= 11 is 0. The number of hydrogen-bond donors (Lipinski definition) is 2. The Labute approximate surface area is 435 Å². The van der Waals surface area contributed by atoms with Crippen molar-refractivity contribution in [2.45, 2.75) is 200 Å². The molecule has 0 aromatic carbocycles. The fraction of sp³-hybridized carbons (Fsp3) is 0.768. The van der Waals surface area contributed by atoms with Gasteiger partial charge in [-0.1, -0.05) is 84.4 Å². The van der Waals surface area contributed by atoms with E-state index in [1.807, 2.05) is 65.0 Å². The van der Waals surface area contributed by atoms with E-state index < -0.39 is 103 Å². The van der Waals surface area contributed by atoms with Crippen molar-refractivity contribution in [1.29, 1.82) is 0 Å². The van der Waals surface area contributed by atoms with Crippen molar-refractivity contribution in [2.24, 2.45) is 35.5 Å². The molecular formula is C56H90NO15P. The van der Waals surface area contributed by atoms with Crippen LogP contribution in [0.3, 0.4) is 0 Å². The minimum absolute atomic E-state index is 0.00627. The second-order valence-corrected chi connectivity index (χ2v) is 23.6. The standard InChI is InChI=1S/C56H90NO15P/c1-13-14-28-69-73(12,65)72-46-26-24-42(32-49(46)67-10)31-38(5)48-34-45(58)37(4)30-40(7)51(60)52(68-11)50(59)39(6)29-35(2)20-16-15-17-21-36(3)47(66-9)33-43-25-23-41(8)56(64,71-43)53(61)54(62)57-27-19-18-22-44(57)55(63)70-48/h15-17,20-21,30,35,37-39,41-44,46-49,51-52,60,64H,13-14,18-19,22-29,31-34H2,1-12H3/t35-,37-,38-,39-,41-,42?,43+,44?,46-,47+,48?,49-,51-,52+,56-,73?/m1/s1. The normalized spacial score (nSPS) is 35.9. The zero-order valence-corrected chi connectivity index (χ0v) is 46.9. The summed E-state index contributed by atoms with van der Waals surface area (Å²) in [7, 11) is 1.19. The van der Waals surface area contributed by atoms with Crippen molar-refractivity contribution < 1.29 is 71.5 Å². The van der Waals surface area contributed by atoms with Gasteiger partial charge < -0.3 is 47.8 Å². The van der Waals surface area contributed by atoms with Crippen LogP contribution in [0.5, 0.6) is 0 Å². The van der Waals surface area contributed by atoms with Gasteiger partial charge in [-0.15, -0.1) is 0 Å². The highest BCUT2D eigenvalue weighted by atomic mass is 31.2. The lowest BCUT2D eigenvalue weighted by Gasteiger charge is -2.42. The highest BCUT2D eigenvalue weighted by molar-refractivity contribution is 7.53. The molecule has 4 aliphatic rings. The molecule has 3 heterocycles. The van der Waals surface area contributed by atoms with Gasteiger partial charge >= 0.3 is 13.6 Å². The van der Waals surface area contributed by atoms with Crippen molar-refractivity contribution in [2.75, 3.05) is 41.1 Å². The van der Waals surface area contributed by atoms with Crippen LogP contribution in [0.4, 0.5) is 0 Å². The highest BCUT2D eigenvalue weighted by Gasteiger charge is 2.53. The van der Waals surface area contributed by atoms with Gasteiger partial charge in [0.2, 0.25) is 5.79 Å². The third kappa shape index (κ3) is 17.7. The van der Waals surface area contributed by atoms with Crippen LogP contribution in [0.15, 0.2) is 47.6 Å². The Morgan fingerprint density at radius 3 is 2.27 bits per heavy atom. The first-order chi connectivity index (χ1) is 34.5. The van der Waals surface area contributed by atoms with Gasteiger partial charge in [0.1, 0.15) is 30.1 Å². The van der Waals surface area contributed by atoms with Crippen molar-refractivity contribution >= 4 is 36.8 Å². The Kier molecular flexibility index (Phi) is 25.1. The Bertz CT molecular complexity index is 2020. The number of piperidine rings is 1. The molecule has 3 aliphatic heterocycles. The summed E-state index contributed by atoms with van der Waals surface area (Å²) in [6.07, 6.45) is 12.5. The summed E-state index contributed by atoms with van der Waals surface area (Å²) in [6, 6.07) is -1.17. The number of unbranched alkanes of at least 4 members (excludes halogenated alkanes) is 1. The number of esters is 1. The molecule has 0 aromatic heterocycles. The van der Waals surface area contributed by atoms with Gasteiger partial charge in [0.05, 0.1) is 31.0 Å². The SMILES string of the molecule is CCCCOP(C)(=O)O[C@@H]1CCC(C[C@@H](C)C2CC(=O)[C@H](C)C=C(C)[C@@H](O)[C@@H](OC)C(=O)[C@H](C)C[C@H](C)C=CC=CC=C(C)[C@@H](OC)C[C@@H]3CC[C@@H](C)[C@@](O)(O3)C(=O)C(=O)N3CCCCC3C(=O)O2)C[C@H]1OC. The first-order valence-electron chi connectivity index (χ1n) is 26.9. The van der Waals surface area contributed by atoms with Crippen LogP contribution in [0.1, 0.15) is 145 Å². The number of fused-ring (bicyclic) bond motifs is 3. The van der Waals surface area contributed by atoms with Gasteiger partial charge in [0.15, 0.2) is 5.78 Å². The van der Waals surface area contributed by atoms with E-state index in [1.54, 1.807) is 41.1 Å². The quantitative estimate of drug-likeness (QED) is 0.0615. The van der Waals surface area contributed by atoms with Crippen LogP contribution >= 0.6 is 7.60 Å². The molecule has 73 heavy (non-hydrogen) atoms. The summed E-state index contributed by atoms with van der Waals surface area (Å²) in [4.78, 5) is 72.5. The molecule has 0 radical (unpaired) electrons. The largest absolute Gasteiger partial charge is 0.460 e. The second-order valence-electron chi connectivity index (χ2n) is 21.6. The van der Waals surface area contributed by atoms with E-state index in [1.165, 1.54) is 18.7 Å². The number of amides is 1. The molecule has 1 aliphatic carbocycles. The number of methoxy groups -OCH3 is 3. The van der Waals surface area contributed by atoms with Crippen molar-refractivity contribution in [3.05, 3.63) is 47.6 Å². The number of Topliss-reactive ketones (excluding diaryl/α,β-unsaturated/α-hetero) is 3. The summed E-state index contributed by atoms with van der Waals surface area (Å²) in [5, 5.41) is 23.5. The number of carbonyl (C=O) groups is 5. The van der Waals surface area contributed by atoms with E-state index in [2.05, 4.69) is 0 Å². The van der Waals surface area contributed by atoms with Crippen molar-refractivity contribution in [1.82, 2.24) is 4.90 Å². The van der Waals surface area contributed by atoms with E-state index in [-0.39, 0.29) is 42.8 Å². The monoisotopic (exact) mass is 1050 g/mol. The van der Waals surface area contributed by atoms with Gasteiger partial charge in [-0.3, -0.25) is 23.7 Å². The number of ether oxygens (including phenoxy) is 5. The van der Waals surface area contributed by atoms with Gasteiger partial charge in [-0.25, -0.2) is 4.79 Å². The zero-order chi connectivity index (χ0) is 54.2. The third-order valence-electron chi connectivity index (χ3n) is 15.6. The summed E-state index contributed by atoms with van der Waals surface area (Å²) in [5.41, 5.74) is 1.25. The van der Waals surface area contributed by atoms with E-state index in [0.29, 0.717) is 76.4 Å². The number of nitrogens with zero attached hydrogens (tertiary/aromatic N) is 1. The molecule has 2 N–H and O–H groups in total. The Morgan fingerprint density at radius 1 is 0.877 bits per heavy atom. The maximum absolute atomic E-state index is 14.6. The van der Waals surface area contributed by atoms with Crippen LogP contribution in [-0.4, -0.2) is 140 Å². The van der Waals surface area contributed by atoms with E-state index >= 15 is 0 Å². The number of rotatable bonds is 12. The van der Waals surface area contributed by atoms with Crippen LogP contribution in [0.2, 0.25) is 0 Å². The predicted octanol–water partition coefficient (Wildman–Crippen LogP) is 8.84. The molecule has 4 rings (SSSR count). The lowest BCUT2D eigenvalue weighted by Crippen LogP contribution is -2.61. The maximum Gasteiger partial charge on any atom is 0.329 e. The smallest absolute Gasteiger partial charge is 0.329 e. The molecule has 1 saturated carbocycles. The second kappa shape index (κ2) is 29.4. The average Bonchev–Trinajstić information content (AvgIpc) is 3.35. The molecule has 2 saturated heterocycles. The number of carbonyl (C=O) groups excluding carboxylic acids is 5. The molecule has 0 spiro atoms. The zero-order valence-electron chi connectivity index (χ0n) is 46.0. The summed E-state index contributed by atoms with van der Waals surface area (Å²) in [6.45, 7) is 16.5. The predicted molar refractivity (Wildman–Crippen MR) is 278 cm³/mol. The minimum atomic E-state index is -3.35. The Hall–Kier alpha value is -3.18. The van der Waals surface area contributed by atoms with Crippen molar-refractivity contribution in [3.8, 4) is 0 Å². The lowest BCUT2D eigenvalue weighted by atomic mass is 9.78. The minimum Gasteiger partial charge on any atom is -0.460 e. The van der Waals surface area contributed by atoms with Gasteiger partial charge in [0.25, 0.3) is 11.7 Å². The maximum atomic E-state index is 14.6.